The molecule has 0 radical (unpaired) electrons. The summed E-state index contributed by atoms with van der Waals surface area (Å²) < 4.78 is 43.1. The molecule has 7 nitrogen and oxygen atoms in total. The van der Waals surface area contributed by atoms with Gasteiger partial charge in [0.25, 0.3) is 0 Å². The normalized spacial score (nSPS) is 14.3. The number of halogens is 2. The zero-order valence-corrected chi connectivity index (χ0v) is 22.9. The summed E-state index contributed by atoms with van der Waals surface area (Å²) in [6, 6.07) is 14.9. The Bertz CT molecular complexity index is 1740. The number of carbonyl (C=O) groups excluding carboxylic acids is 1. The highest BCUT2D eigenvalue weighted by molar-refractivity contribution is 7.29. The molecule has 3 heterocycles. The van der Waals surface area contributed by atoms with E-state index in [0.29, 0.717) is 17.7 Å². The molecule has 0 spiro atoms. The molecule has 1 fully saturated rings. The van der Waals surface area contributed by atoms with Crippen molar-refractivity contribution < 1.29 is 32.7 Å². The number of nitrogens with zero attached hydrogens (tertiary/aromatic N) is 1. The SMILES string of the molecule is C.Cc1onc(-c2cc(F)c(-c3cc4sc(C5(C(=O)O)CC5)cc4s3)cc2F)c1NC(=O)O[C@H](C)c1ccccc1. The van der Waals surface area contributed by atoms with E-state index in [4.69, 9.17) is 9.26 Å². The molecule has 41 heavy (non-hydrogen) atoms. The van der Waals surface area contributed by atoms with E-state index in [1.165, 1.54) is 29.6 Å². The third-order valence-corrected chi connectivity index (χ3v) is 9.59. The van der Waals surface area contributed by atoms with E-state index in [-0.39, 0.29) is 35.7 Å². The minimum atomic E-state index is -0.832. The lowest BCUT2D eigenvalue weighted by Gasteiger charge is -2.14. The lowest BCUT2D eigenvalue weighted by molar-refractivity contribution is -0.139. The van der Waals surface area contributed by atoms with Crippen molar-refractivity contribution in [2.75, 3.05) is 5.32 Å². The molecule has 11 heteroatoms. The molecular weight excluding hydrogens is 570 g/mol. The molecule has 0 bridgehead atoms. The topological polar surface area (TPSA) is 102 Å². The molecule has 0 unspecified atom stereocenters. The van der Waals surface area contributed by atoms with Gasteiger partial charge in [-0.15, -0.1) is 22.7 Å². The number of hydrogen-bond acceptors (Lipinski definition) is 7. The molecule has 2 aromatic carbocycles. The van der Waals surface area contributed by atoms with Crippen LogP contribution < -0.4 is 5.32 Å². The number of anilines is 1. The Morgan fingerprint density at radius 2 is 1.71 bits per heavy atom. The van der Waals surface area contributed by atoms with Crippen LogP contribution in [-0.2, 0) is 14.9 Å². The average molecular weight is 597 g/mol. The quantitative estimate of drug-likeness (QED) is 0.195. The predicted molar refractivity (Wildman–Crippen MR) is 156 cm³/mol. The lowest BCUT2D eigenvalue weighted by atomic mass is 10.0. The van der Waals surface area contributed by atoms with Crippen molar-refractivity contribution in [3.63, 3.8) is 0 Å². The minimum Gasteiger partial charge on any atom is -0.481 e. The van der Waals surface area contributed by atoms with E-state index in [2.05, 4.69) is 10.5 Å². The van der Waals surface area contributed by atoms with Gasteiger partial charge in [-0.1, -0.05) is 42.9 Å². The molecule has 1 aliphatic rings. The van der Waals surface area contributed by atoms with Crippen molar-refractivity contribution in [3.05, 3.63) is 82.4 Å². The number of rotatable bonds is 7. The molecule has 2 N–H and O–H groups in total. The van der Waals surface area contributed by atoms with Gasteiger partial charge in [0.15, 0.2) is 5.76 Å². The van der Waals surface area contributed by atoms with Crippen LogP contribution in [0, 0.1) is 18.6 Å². The Kier molecular flexibility index (Phi) is 7.43. The van der Waals surface area contributed by atoms with E-state index < -0.39 is 35.2 Å². The molecule has 0 saturated heterocycles. The number of aryl methyl sites for hydroxylation is 1. The molecule has 1 amide bonds. The second-order valence-corrected chi connectivity index (χ2v) is 11.9. The second-order valence-electron chi connectivity index (χ2n) is 9.69. The van der Waals surface area contributed by atoms with Crippen molar-refractivity contribution in [2.45, 2.75) is 45.6 Å². The summed E-state index contributed by atoms with van der Waals surface area (Å²) in [6.07, 6.45) is -0.136. The predicted octanol–water partition coefficient (Wildman–Crippen LogP) is 8.93. The van der Waals surface area contributed by atoms with Gasteiger partial charge in [-0.3, -0.25) is 10.1 Å². The van der Waals surface area contributed by atoms with Crippen molar-refractivity contribution in [1.29, 1.82) is 0 Å². The van der Waals surface area contributed by atoms with Crippen LogP contribution in [0.1, 0.15) is 49.5 Å². The summed E-state index contributed by atoms with van der Waals surface area (Å²) in [5, 5.41) is 16.0. The summed E-state index contributed by atoms with van der Waals surface area (Å²) >= 11 is 2.65. The van der Waals surface area contributed by atoms with Gasteiger partial charge in [0.1, 0.15) is 34.5 Å². The number of nitrogens with one attached hydrogen (secondary N) is 1. The van der Waals surface area contributed by atoms with Crippen LogP contribution >= 0.6 is 22.7 Å². The number of hydrogen-bond donors (Lipinski definition) is 2. The molecule has 6 rings (SSSR count). The third-order valence-electron chi connectivity index (χ3n) is 7.06. The van der Waals surface area contributed by atoms with Crippen LogP contribution in [0.5, 0.6) is 0 Å². The Morgan fingerprint density at radius 3 is 2.37 bits per heavy atom. The fraction of sp³-hybridized carbons (Fsp3) is 0.233. The summed E-state index contributed by atoms with van der Waals surface area (Å²) in [6.45, 7) is 3.26. The standard InChI is InChI=1S/C29H22F2N2O5S2.CH4/c1-14(16-6-4-3-5-7-16)37-28(36)32-25-15(2)38-33-26(25)18-11-19(30)17(10-20(18)31)21-12-22-23(39-21)13-24(40-22)29(8-9-29)27(34)35;/h3-7,10-14H,8-9H2,1-2H3,(H,32,36)(H,34,35);1H4/t14-;/m1./s1. The number of fused-ring (bicyclic) bond motifs is 1. The van der Waals surface area contributed by atoms with E-state index in [9.17, 15) is 14.7 Å². The van der Waals surface area contributed by atoms with Gasteiger partial charge in [-0.2, -0.15) is 0 Å². The monoisotopic (exact) mass is 596 g/mol. The van der Waals surface area contributed by atoms with Gasteiger partial charge >= 0.3 is 12.1 Å². The average Bonchev–Trinajstić information content (AvgIpc) is 3.34. The number of carboxylic acids is 1. The van der Waals surface area contributed by atoms with Gasteiger partial charge in [-0.05, 0) is 56.5 Å². The summed E-state index contributed by atoms with van der Waals surface area (Å²) in [5.41, 5.74) is -0.112. The number of thiophene rings is 2. The van der Waals surface area contributed by atoms with E-state index >= 15 is 8.78 Å². The zero-order valence-electron chi connectivity index (χ0n) is 21.3. The number of carbonyl (C=O) groups is 2. The maximum atomic E-state index is 15.4. The molecule has 5 aromatic rings. The Morgan fingerprint density at radius 1 is 1.05 bits per heavy atom. The van der Waals surface area contributed by atoms with Crippen LogP contribution in [0.2, 0.25) is 0 Å². The van der Waals surface area contributed by atoms with Crippen LogP contribution in [0.3, 0.4) is 0 Å². The maximum Gasteiger partial charge on any atom is 0.412 e. The molecule has 0 aliphatic heterocycles. The second kappa shape index (κ2) is 10.7. The van der Waals surface area contributed by atoms with Gasteiger partial charge in [-0.25, -0.2) is 13.6 Å². The number of aliphatic carboxylic acids is 1. The summed E-state index contributed by atoms with van der Waals surface area (Å²) in [4.78, 5) is 25.6. The van der Waals surface area contributed by atoms with Crippen molar-refractivity contribution in [3.8, 4) is 21.7 Å². The fourth-order valence-corrected chi connectivity index (χ4v) is 7.25. The fourth-order valence-electron chi connectivity index (χ4n) is 4.60. The molecule has 1 saturated carbocycles. The van der Waals surface area contributed by atoms with Gasteiger partial charge in [0.05, 0.1) is 0 Å². The molecule has 3 aromatic heterocycles. The number of amides is 1. The highest BCUT2D eigenvalue weighted by Gasteiger charge is 2.53. The molecular formula is C30H26F2N2O5S2. The Labute approximate surface area is 242 Å². The van der Waals surface area contributed by atoms with E-state index in [1.807, 2.05) is 36.4 Å². The first-order valence-electron chi connectivity index (χ1n) is 12.4. The maximum absolute atomic E-state index is 15.4. The Hall–Kier alpha value is -4.09. The summed E-state index contributed by atoms with van der Waals surface area (Å²) in [7, 11) is 0. The van der Waals surface area contributed by atoms with Crippen LogP contribution in [0.25, 0.3) is 31.1 Å². The number of carboxylic acid groups (broad SMARTS) is 1. The van der Waals surface area contributed by atoms with Crippen LogP contribution in [-0.4, -0.2) is 22.3 Å². The third kappa shape index (κ3) is 5.11. The first-order chi connectivity index (χ1) is 19.2. The van der Waals surface area contributed by atoms with E-state index in [1.54, 1.807) is 13.0 Å². The van der Waals surface area contributed by atoms with Gasteiger partial charge < -0.3 is 14.4 Å². The number of benzene rings is 2. The highest BCUT2D eigenvalue weighted by atomic mass is 32.1. The largest absolute Gasteiger partial charge is 0.481 e. The van der Waals surface area contributed by atoms with Crippen molar-refractivity contribution in [1.82, 2.24) is 5.16 Å². The van der Waals surface area contributed by atoms with Crippen molar-refractivity contribution in [2.24, 2.45) is 0 Å². The first-order valence-corrected chi connectivity index (χ1v) is 14.1. The summed E-state index contributed by atoms with van der Waals surface area (Å²) in [5.74, 6) is -2.06. The minimum absolute atomic E-state index is 0. The van der Waals surface area contributed by atoms with Crippen LogP contribution in [0.15, 0.2) is 59.1 Å². The number of ether oxygens (including phenoxy) is 1. The zero-order chi connectivity index (χ0) is 28.2. The first kappa shape index (κ1) is 28.4. The van der Waals surface area contributed by atoms with Gasteiger partial charge in [0.2, 0.25) is 0 Å². The number of aromatic nitrogens is 1. The van der Waals surface area contributed by atoms with Crippen molar-refractivity contribution >= 4 is 49.8 Å². The Balaban J connectivity index is 0.00000337. The molecule has 212 valence electrons. The molecule has 1 aliphatic carbocycles. The van der Waals surface area contributed by atoms with E-state index in [0.717, 1.165) is 32.0 Å². The lowest BCUT2D eigenvalue weighted by Crippen LogP contribution is -2.17. The van der Waals surface area contributed by atoms with Gasteiger partial charge in [0, 0.05) is 30.3 Å². The van der Waals surface area contributed by atoms with Crippen LogP contribution in [0.4, 0.5) is 19.3 Å². The highest BCUT2D eigenvalue weighted by Crippen LogP contribution is 2.53. The molecule has 1 atom stereocenters. The smallest absolute Gasteiger partial charge is 0.412 e.